The first kappa shape index (κ1) is 18.8. The van der Waals surface area contributed by atoms with Gasteiger partial charge in [0.1, 0.15) is 0 Å². The Hall–Kier alpha value is 0.400. The van der Waals surface area contributed by atoms with Crippen LogP contribution in [0.5, 0.6) is 0 Å². The van der Waals surface area contributed by atoms with Crippen LogP contribution in [0.3, 0.4) is 0 Å². The van der Waals surface area contributed by atoms with E-state index in [9.17, 15) is 22.9 Å². The van der Waals surface area contributed by atoms with Gasteiger partial charge in [0.15, 0.2) is 10.3 Å². The zero-order valence-corrected chi connectivity index (χ0v) is 13.6. The van der Waals surface area contributed by atoms with Gasteiger partial charge < -0.3 is 14.5 Å². The van der Waals surface area contributed by atoms with Crippen molar-refractivity contribution in [1.29, 1.82) is 0 Å². The van der Waals surface area contributed by atoms with Crippen LogP contribution in [0.25, 0.3) is 0 Å². The standard InChI is InChI=1S/C7H7NO5S.2Na/c9-7(10)5-1-3-6(4-2-5)8-14(11,12)13;;/h1-4,8H,(H,9,10)(H,11,12,13);;/q;2*+1/p-2. The van der Waals surface area contributed by atoms with Gasteiger partial charge in [0, 0.05) is 5.69 Å². The molecule has 0 radical (unpaired) electrons. The zero-order chi connectivity index (χ0) is 10.8. The largest absolute Gasteiger partial charge is 1.00 e. The number of anilines is 1. The molecule has 0 unspecified atom stereocenters. The van der Waals surface area contributed by atoms with Crippen LogP contribution in [0.4, 0.5) is 5.69 Å². The number of benzene rings is 1. The molecule has 0 aliphatic rings. The molecule has 0 atom stereocenters. The molecule has 0 amide bonds. The van der Waals surface area contributed by atoms with Crippen LogP contribution in [0, 0.1) is 0 Å². The topological polar surface area (TPSA) is 109 Å². The predicted octanol–water partition coefficient (Wildman–Crippen LogP) is -7.07. The van der Waals surface area contributed by atoms with Crippen LogP contribution in [0.15, 0.2) is 24.3 Å². The number of rotatable bonds is 3. The molecular weight excluding hydrogens is 256 g/mol. The average molecular weight is 261 g/mol. The second-order valence-corrected chi connectivity index (χ2v) is 3.53. The molecule has 76 valence electrons. The van der Waals surface area contributed by atoms with Crippen molar-refractivity contribution in [2.24, 2.45) is 0 Å². The summed E-state index contributed by atoms with van der Waals surface area (Å²) in [4.78, 5) is 10.3. The minimum absolute atomic E-state index is 0. The van der Waals surface area contributed by atoms with Gasteiger partial charge >= 0.3 is 59.1 Å². The Bertz CT molecular complexity index is 444. The van der Waals surface area contributed by atoms with E-state index in [1.165, 1.54) is 0 Å². The fraction of sp³-hybridized carbons (Fsp3) is 0. The third-order valence-electron chi connectivity index (χ3n) is 1.36. The molecule has 1 rings (SSSR count). The molecule has 0 saturated heterocycles. The third-order valence-corrected chi connectivity index (χ3v) is 1.85. The first-order valence-electron chi connectivity index (χ1n) is 3.43. The Morgan fingerprint density at radius 2 is 1.56 bits per heavy atom. The van der Waals surface area contributed by atoms with Crippen molar-refractivity contribution in [2.45, 2.75) is 0 Å². The molecule has 0 heterocycles. The van der Waals surface area contributed by atoms with Crippen molar-refractivity contribution >= 4 is 22.0 Å². The Balaban J connectivity index is 0. The molecule has 0 spiro atoms. The number of carbonyl (C=O) groups excluding carboxylic acids is 1. The maximum atomic E-state index is 10.3. The van der Waals surface area contributed by atoms with E-state index in [1.54, 1.807) is 4.72 Å². The molecule has 0 aliphatic carbocycles. The van der Waals surface area contributed by atoms with E-state index >= 15 is 0 Å². The molecule has 0 fully saturated rings. The van der Waals surface area contributed by atoms with E-state index in [2.05, 4.69) is 0 Å². The fourth-order valence-corrected chi connectivity index (χ4v) is 1.24. The van der Waals surface area contributed by atoms with Gasteiger partial charge in [0.2, 0.25) is 0 Å². The van der Waals surface area contributed by atoms with Crippen LogP contribution >= 0.6 is 0 Å². The summed E-state index contributed by atoms with van der Waals surface area (Å²) >= 11 is 0. The summed E-state index contributed by atoms with van der Waals surface area (Å²) in [6.07, 6.45) is 0. The van der Waals surface area contributed by atoms with E-state index < -0.39 is 16.3 Å². The SMILES string of the molecule is O=C([O-])c1ccc(NS(=O)(=O)[O-])cc1.[Na+].[Na+]. The molecule has 1 N–H and O–H groups in total. The smallest absolute Gasteiger partial charge is 0.731 e. The maximum absolute atomic E-state index is 10.3. The number of carboxylic acids is 1. The summed E-state index contributed by atoms with van der Waals surface area (Å²) in [6.45, 7) is 0. The summed E-state index contributed by atoms with van der Waals surface area (Å²) < 4.78 is 32.3. The molecule has 0 aromatic heterocycles. The second-order valence-electron chi connectivity index (χ2n) is 2.42. The minimum Gasteiger partial charge on any atom is -0.731 e. The van der Waals surface area contributed by atoms with Gasteiger partial charge in [0.05, 0.1) is 5.97 Å². The van der Waals surface area contributed by atoms with Gasteiger partial charge in [-0.2, -0.15) is 0 Å². The number of aromatic carboxylic acids is 1. The van der Waals surface area contributed by atoms with E-state index in [-0.39, 0.29) is 70.4 Å². The summed E-state index contributed by atoms with van der Waals surface area (Å²) in [5, 5.41) is 10.3. The quantitative estimate of drug-likeness (QED) is 0.429. The van der Waals surface area contributed by atoms with Gasteiger partial charge in [-0.15, -0.1) is 0 Å². The molecule has 1 aromatic carbocycles. The van der Waals surface area contributed by atoms with E-state index in [0.29, 0.717) is 0 Å². The van der Waals surface area contributed by atoms with E-state index in [4.69, 9.17) is 0 Å². The van der Waals surface area contributed by atoms with Crippen molar-refractivity contribution < 1.29 is 82.0 Å². The summed E-state index contributed by atoms with van der Waals surface area (Å²) in [6, 6.07) is 4.56. The zero-order valence-electron chi connectivity index (χ0n) is 8.76. The van der Waals surface area contributed by atoms with Crippen molar-refractivity contribution in [3.05, 3.63) is 29.8 Å². The number of hydrogen-bond acceptors (Lipinski definition) is 5. The van der Waals surface area contributed by atoms with Crippen LogP contribution in [-0.2, 0) is 10.3 Å². The molecule has 0 saturated carbocycles. The fourth-order valence-electron chi connectivity index (χ4n) is 0.819. The van der Waals surface area contributed by atoms with Gasteiger partial charge in [-0.25, -0.2) is 8.42 Å². The van der Waals surface area contributed by atoms with Gasteiger partial charge in [-0.05, 0) is 17.7 Å². The Labute approximate surface area is 137 Å². The number of nitrogens with one attached hydrogen (secondary N) is 1. The third kappa shape index (κ3) is 6.87. The Kier molecular flexibility index (Phi) is 9.00. The molecule has 16 heavy (non-hydrogen) atoms. The number of hydrogen-bond donors (Lipinski definition) is 1. The maximum Gasteiger partial charge on any atom is 1.00 e. The number of carboxylic acid groups (broad SMARTS) is 1. The minimum atomic E-state index is -4.57. The van der Waals surface area contributed by atoms with Gasteiger partial charge in [0.25, 0.3) is 0 Å². The monoisotopic (exact) mass is 261 g/mol. The van der Waals surface area contributed by atoms with Crippen LogP contribution < -0.4 is 68.9 Å². The molecule has 6 nitrogen and oxygen atoms in total. The first-order valence-corrected chi connectivity index (χ1v) is 4.84. The first-order chi connectivity index (χ1) is 6.38. The molecule has 9 heteroatoms. The van der Waals surface area contributed by atoms with Gasteiger partial charge in [-0.1, -0.05) is 12.1 Å². The van der Waals surface area contributed by atoms with Crippen molar-refractivity contribution in [1.82, 2.24) is 0 Å². The molecule has 0 bridgehead atoms. The van der Waals surface area contributed by atoms with Crippen molar-refractivity contribution in [3.63, 3.8) is 0 Å². The second kappa shape index (κ2) is 7.67. The van der Waals surface area contributed by atoms with Crippen LogP contribution in [0.2, 0.25) is 0 Å². The van der Waals surface area contributed by atoms with Crippen LogP contribution in [-0.4, -0.2) is 18.9 Å². The van der Waals surface area contributed by atoms with E-state index in [1.807, 2.05) is 0 Å². The molecule has 0 aliphatic heterocycles. The van der Waals surface area contributed by atoms with E-state index in [0.717, 1.165) is 24.3 Å². The molecular formula is C7H5NNa2O5S. The normalized spacial score (nSPS) is 9.56. The molecule has 1 aromatic rings. The summed E-state index contributed by atoms with van der Waals surface area (Å²) in [7, 11) is -4.57. The van der Waals surface area contributed by atoms with Crippen molar-refractivity contribution in [3.8, 4) is 0 Å². The van der Waals surface area contributed by atoms with Gasteiger partial charge in [-0.3, -0.25) is 4.72 Å². The van der Waals surface area contributed by atoms with Crippen LogP contribution in [0.1, 0.15) is 10.4 Å². The summed E-state index contributed by atoms with van der Waals surface area (Å²) in [5.74, 6) is -1.37. The summed E-state index contributed by atoms with van der Waals surface area (Å²) in [5.41, 5.74) is -0.0937. The Morgan fingerprint density at radius 1 is 1.12 bits per heavy atom. The predicted molar refractivity (Wildman–Crippen MR) is 44.1 cm³/mol. The average Bonchev–Trinajstić information content (AvgIpc) is 2.02. The Morgan fingerprint density at radius 3 is 1.88 bits per heavy atom. The number of carbonyl (C=O) groups is 1. The van der Waals surface area contributed by atoms with Crippen molar-refractivity contribution in [2.75, 3.05) is 4.72 Å².